The summed E-state index contributed by atoms with van der Waals surface area (Å²) in [6.45, 7) is 2.68. The molecule has 4 aromatic rings. The fraction of sp³-hybridized carbons (Fsp3) is 0.314. The van der Waals surface area contributed by atoms with Crippen LogP contribution in [-0.2, 0) is 30.8 Å². The predicted molar refractivity (Wildman–Crippen MR) is 164 cm³/mol. The molecular formula is C35H39N5O2. The van der Waals surface area contributed by atoms with Gasteiger partial charge in [0.25, 0.3) is 0 Å². The lowest BCUT2D eigenvalue weighted by Gasteiger charge is -2.28. The van der Waals surface area contributed by atoms with Crippen molar-refractivity contribution in [1.82, 2.24) is 25.9 Å². The van der Waals surface area contributed by atoms with E-state index in [1.165, 1.54) is 11.1 Å². The first-order valence-corrected chi connectivity index (χ1v) is 14.9. The highest BCUT2D eigenvalue weighted by atomic mass is 16.2. The maximum Gasteiger partial charge on any atom is 0.231 e. The van der Waals surface area contributed by atoms with Crippen molar-refractivity contribution in [1.29, 1.82) is 0 Å². The van der Waals surface area contributed by atoms with Gasteiger partial charge in [-0.15, -0.1) is 0 Å². The second-order valence-electron chi connectivity index (χ2n) is 10.8. The number of aryl methyl sites for hydroxylation is 1. The van der Waals surface area contributed by atoms with Crippen LogP contribution in [0.5, 0.6) is 0 Å². The number of Topliss-reactive ketones (excluding diaryl/α,β-unsaturated/α-hetero) is 1. The number of benzene rings is 2. The van der Waals surface area contributed by atoms with Gasteiger partial charge < -0.3 is 16.0 Å². The van der Waals surface area contributed by atoms with Crippen molar-refractivity contribution in [3.05, 3.63) is 131 Å². The Morgan fingerprint density at radius 2 is 1.48 bits per heavy atom. The summed E-state index contributed by atoms with van der Waals surface area (Å²) in [6, 6.07) is 27.5. The molecule has 0 spiro atoms. The third-order valence-corrected chi connectivity index (χ3v) is 7.80. The molecule has 1 aliphatic carbocycles. The van der Waals surface area contributed by atoms with Crippen molar-refractivity contribution in [3.63, 3.8) is 0 Å². The van der Waals surface area contributed by atoms with E-state index in [9.17, 15) is 9.59 Å². The maximum absolute atomic E-state index is 13.8. The molecule has 2 atom stereocenters. The van der Waals surface area contributed by atoms with Crippen LogP contribution in [0.1, 0.15) is 70.2 Å². The zero-order valence-electron chi connectivity index (χ0n) is 24.0. The molecule has 1 unspecified atom stereocenters. The Kier molecular flexibility index (Phi) is 10.6. The van der Waals surface area contributed by atoms with Gasteiger partial charge in [-0.1, -0.05) is 60.7 Å². The van der Waals surface area contributed by atoms with Gasteiger partial charge >= 0.3 is 0 Å². The van der Waals surface area contributed by atoms with E-state index in [4.69, 9.17) is 0 Å². The van der Waals surface area contributed by atoms with Gasteiger partial charge in [-0.3, -0.25) is 19.6 Å². The van der Waals surface area contributed by atoms with Gasteiger partial charge in [-0.25, -0.2) is 0 Å². The van der Waals surface area contributed by atoms with Crippen LogP contribution in [0.3, 0.4) is 0 Å². The quantitative estimate of drug-likeness (QED) is 0.109. The Hall–Kier alpha value is -4.20. The highest BCUT2D eigenvalue weighted by Crippen LogP contribution is 2.30. The minimum absolute atomic E-state index is 0.0624. The molecular weight excluding hydrogens is 522 g/mol. The van der Waals surface area contributed by atoms with Gasteiger partial charge in [0.1, 0.15) is 5.92 Å². The number of nitrogens with one attached hydrogen (secondary N) is 3. The fourth-order valence-electron chi connectivity index (χ4n) is 5.53. The molecule has 42 heavy (non-hydrogen) atoms. The van der Waals surface area contributed by atoms with Crippen LogP contribution in [-0.4, -0.2) is 28.2 Å². The second-order valence-corrected chi connectivity index (χ2v) is 10.8. The molecule has 0 saturated heterocycles. The molecule has 0 bridgehead atoms. The van der Waals surface area contributed by atoms with Crippen LogP contribution in [0.15, 0.2) is 97.3 Å². The highest BCUT2D eigenvalue weighted by Gasteiger charge is 2.30. The van der Waals surface area contributed by atoms with Crippen molar-refractivity contribution in [2.45, 2.75) is 57.8 Å². The van der Waals surface area contributed by atoms with E-state index in [2.05, 4.69) is 38.1 Å². The lowest BCUT2D eigenvalue weighted by Crippen LogP contribution is -2.39. The number of carbonyl (C=O) groups excluding carboxylic acids is 2. The highest BCUT2D eigenvalue weighted by molar-refractivity contribution is 6.10. The van der Waals surface area contributed by atoms with Crippen molar-refractivity contribution >= 4 is 11.7 Å². The minimum atomic E-state index is -0.746. The van der Waals surface area contributed by atoms with Crippen LogP contribution in [0.25, 0.3) is 0 Å². The minimum Gasteiger partial charge on any atom is -0.349 e. The standard InChI is InChI=1S/C35H39N5O2/c41-34(28-18-16-26(17-19-28)23-37-25-30-12-4-6-22-39-30)32(14-8-20-36-24-29-11-3-5-21-38-29)35(42)40-33-15-7-10-27-9-1-2-13-31(27)33/h1-6,9,11-13,16-19,21-22,32-33,36-37H,7-8,10,14-15,20,23-25H2,(H,40,42)/t32-,33?/m0/s1. The molecule has 7 heteroatoms. The van der Waals surface area contributed by atoms with Crippen molar-refractivity contribution < 1.29 is 9.59 Å². The molecule has 2 aromatic heterocycles. The number of fused-ring (bicyclic) bond motifs is 1. The average molecular weight is 562 g/mol. The number of aromatic nitrogens is 2. The van der Waals surface area contributed by atoms with Crippen LogP contribution in [0, 0.1) is 5.92 Å². The lowest BCUT2D eigenvalue weighted by atomic mass is 9.86. The molecule has 0 radical (unpaired) electrons. The van der Waals surface area contributed by atoms with Crippen LogP contribution >= 0.6 is 0 Å². The first-order valence-electron chi connectivity index (χ1n) is 14.9. The molecule has 3 N–H and O–H groups in total. The summed E-state index contributed by atoms with van der Waals surface area (Å²) in [6.07, 6.45) is 7.67. The summed E-state index contributed by atoms with van der Waals surface area (Å²) in [5, 5.41) is 10.0. The Bertz CT molecular complexity index is 1430. The normalized spacial score (nSPS) is 15.0. The average Bonchev–Trinajstić information content (AvgIpc) is 3.04. The van der Waals surface area contributed by atoms with Gasteiger partial charge in [0.2, 0.25) is 5.91 Å². The van der Waals surface area contributed by atoms with Crippen LogP contribution in [0.2, 0.25) is 0 Å². The third-order valence-electron chi connectivity index (χ3n) is 7.80. The fourth-order valence-corrected chi connectivity index (χ4v) is 5.53. The summed E-state index contributed by atoms with van der Waals surface area (Å²) in [5.41, 5.74) is 6.03. The van der Waals surface area contributed by atoms with E-state index in [-0.39, 0.29) is 17.7 Å². The Morgan fingerprint density at radius 1 is 0.786 bits per heavy atom. The first kappa shape index (κ1) is 29.3. The smallest absolute Gasteiger partial charge is 0.231 e. The monoisotopic (exact) mass is 561 g/mol. The topological polar surface area (TPSA) is 96.0 Å². The number of nitrogens with zero attached hydrogens (tertiary/aromatic N) is 2. The van der Waals surface area contributed by atoms with E-state index >= 15 is 0 Å². The predicted octanol–water partition coefficient (Wildman–Crippen LogP) is 5.33. The van der Waals surface area contributed by atoms with Crippen LogP contribution < -0.4 is 16.0 Å². The van der Waals surface area contributed by atoms with E-state index in [1.54, 1.807) is 12.4 Å². The van der Waals surface area contributed by atoms with E-state index in [0.29, 0.717) is 44.6 Å². The number of rotatable bonds is 14. The molecule has 1 aliphatic rings. The molecule has 0 fully saturated rings. The molecule has 0 aliphatic heterocycles. The molecule has 7 nitrogen and oxygen atoms in total. The molecule has 1 amide bonds. The Balaban J connectivity index is 1.21. The van der Waals surface area contributed by atoms with Crippen LogP contribution in [0.4, 0.5) is 0 Å². The summed E-state index contributed by atoms with van der Waals surface area (Å²) >= 11 is 0. The van der Waals surface area contributed by atoms with Gasteiger partial charge in [0.15, 0.2) is 5.78 Å². The van der Waals surface area contributed by atoms with Crippen molar-refractivity contribution in [3.8, 4) is 0 Å². The van der Waals surface area contributed by atoms with Crippen molar-refractivity contribution in [2.75, 3.05) is 6.54 Å². The number of amides is 1. The van der Waals surface area contributed by atoms with E-state index < -0.39 is 5.92 Å². The lowest BCUT2D eigenvalue weighted by molar-refractivity contribution is -0.124. The molecule has 2 aromatic carbocycles. The molecule has 0 saturated carbocycles. The summed E-state index contributed by atoms with van der Waals surface area (Å²) < 4.78 is 0. The van der Waals surface area contributed by atoms with Gasteiger partial charge in [0, 0.05) is 37.6 Å². The number of ketones is 1. The summed E-state index contributed by atoms with van der Waals surface area (Å²) in [7, 11) is 0. The number of hydrogen-bond donors (Lipinski definition) is 3. The van der Waals surface area contributed by atoms with E-state index in [0.717, 1.165) is 36.2 Å². The third kappa shape index (κ3) is 8.18. The zero-order chi connectivity index (χ0) is 29.0. The summed E-state index contributed by atoms with van der Waals surface area (Å²) in [4.78, 5) is 36.1. The van der Waals surface area contributed by atoms with E-state index in [1.807, 2.05) is 72.8 Å². The SMILES string of the molecule is O=C(NC1CCCc2ccccc21)[C@@H](CCCNCc1ccccn1)C(=O)c1ccc(CNCc2ccccn2)cc1. The second kappa shape index (κ2) is 15.1. The van der Waals surface area contributed by atoms with Gasteiger partial charge in [-0.2, -0.15) is 0 Å². The number of pyridine rings is 2. The summed E-state index contributed by atoms with van der Waals surface area (Å²) in [5.74, 6) is -1.06. The largest absolute Gasteiger partial charge is 0.349 e. The zero-order valence-corrected chi connectivity index (χ0v) is 24.0. The first-order chi connectivity index (χ1) is 20.7. The molecule has 216 valence electrons. The Morgan fingerprint density at radius 3 is 2.19 bits per heavy atom. The number of hydrogen-bond acceptors (Lipinski definition) is 6. The molecule has 5 rings (SSSR count). The number of carbonyl (C=O) groups is 2. The molecule has 2 heterocycles. The van der Waals surface area contributed by atoms with Crippen molar-refractivity contribution in [2.24, 2.45) is 5.92 Å². The van der Waals surface area contributed by atoms with Gasteiger partial charge in [-0.05, 0) is 79.6 Å². The maximum atomic E-state index is 13.8. The Labute approximate surface area is 248 Å². The van der Waals surface area contributed by atoms with Gasteiger partial charge in [0.05, 0.1) is 17.4 Å².